The van der Waals surface area contributed by atoms with Crippen LogP contribution in [0.15, 0.2) is 5.11 Å². The molecular weight excluding hydrogens is 194 g/mol. The van der Waals surface area contributed by atoms with E-state index in [0.29, 0.717) is 13.1 Å². The molecule has 0 N–H and O–H groups in total. The molecule has 0 bridgehead atoms. The number of azide groups is 1. The smallest absolute Gasteiger partial charge is 0.236 e. The number of hydrogen-bond acceptors (Lipinski definition) is 3. The van der Waals surface area contributed by atoms with E-state index < -0.39 is 0 Å². The lowest BCUT2D eigenvalue weighted by Gasteiger charge is -2.21. The van der Waals surface area contributed by atoms with Gasteiger partial charge in [-0.05, 0) is 25.0 Å². The zero-order chi connectivity index (χ0) is 11.7. The molecule has 0 spiro atoms. The summed E-state index contributed by atoms with van der Waals surface area (Å²) < 4.78 is 0. The quantitative estimate of drug-likeness (QED) is 0.275. The zero-order valence-electron chi connectivity index (χ0n) is 9.68. The Morgan fingerprint density at radius 2 is 2.13 bits per heavy atom. The second-order valence-corrected chi connectivity index (χ2v) is 3.46. The number of rotatable bonds is 7. The van der Waals surface area contributed by atoms with Crippen LogP contribution in [0.1, 0.15) is 13.3 Å². The number of hydrogen-bond donors (Lipinski definition) is 0. The summed E-state index contributed by atoms with van der Waals surface area (Å²) in [6.45, 7) is 4.55. The monoisotopic (exact) mass is 213 g/mol. The van der Waals surface area contributed by atoms with E-state index in [4.69, 9.17) is 5.53 Å². The third-order valence-corrected chi connectivity index (χ3v) is 2.10. The second kappa shape index (κ2) is 8.08. The minimum absolute atomic E-state index is 0.0978. The zero-order valence-corrected chi connectivity index (χ0v) is 9.68. The average Bonchev–Trinajstić information content (AvgIpc) is 2.22. The fraction of sp³-hybridized carbons (Fsp3) is 0.889. The van der Waals surface area contributed by atoms with Gasteiger partial charge >= 0.3 is 0 Å². The van der Waals surface area contributed by atoms with Gasteiger partial charge in [0.15, 0.2) is 0 Å². The van der Waals surface area contributed by atoms with Crippen LogP contribution in [0.25, 0.3) is 10.4 Å². The topological polar surface area (TPSA) is 72.3 Å². The maximum absolute atomic E-state index is 11.4. The molecule has 0 heterocycles. The average molecular weight is 213 g/mol. The Kier molecular flexibility index (Phi) is 7.40. The molecular formula is C9H19N5O. The van der Waals surface area contributed by atoms with Crippen molar-refractivity contribution in [1.82, 2.24) is 9.80 Å². The minimum Gasteiger partial charge on any atom is -0.348 e. The van der Waals surface area contributed by atoms with Gasteiger partial charge in [-0.15, -0.1) is 0 Å². The molecule has 0 unspecified atom stereocenters. The van der Waals surface area contributed by atoms with Crippen molar-refractivity contribution in [2.75, 3.05) is 40.3 Å². The maximum Gasteiger partial charge on any atom is 0.236 e. The summed E-state index contributed by atoms with van der Waals surface area (Å²) >= 11 is 0. The molecule has 0 fully saturated rings. The molecule has 0 aromatic heterocycles. The van der Waals surface area contributed by atoms with Gasteiger partial charge in [-0.25, -0.2) is 0 Å². The molecule has 0 aromatic carbocycles. The molecule has 15 heavy (non-hydrogen) atoms. The first-order valence-electron chi connectivity index (χ1n) is 5.05. The molecule has 1 amide bonds. The Morgan fingerprint density at radius 1 is 1.47 bits per heavy atom. The van der Waals surface area contributed by atoms with Gasteiger partial charge in [0, 0.05) is 25.6 Å². The van der Waals surface area contributed by atoms with Crippen molar-refractivity contribution in [2.24, 2.45) is 5.11 Å². The summed E-state index contributed by atoms with van der Waals surface area (Å²) in [7, 11) is 3.49. The predicted molar refractivity (Wildman–Crippen MR) is 59.4 cm³/mol. The Hall–Kier alpha value is -1.26. The molecule has 0 aliphatic heterocycles. The molecule has 0 aliphatic carbocycles. The third-order valence-electron chi connectivity index (χ3n) is 2.10. The molecule has 0 atom stereocenters. The van der Waals surface area contributed by atoms with Crippen molar-refractivity contribution in [2.45, 2.75) is 13.3 Å². The summed E-state index contributed by atoms with van der Waals surface area (Å²) in [5, 5.41) is 3.45. The van der Waals surface area contributed by atoms with Crippen LogP contribution in [0.2, 0.25) is 0 Å². The second-order valence-electron chi connectivity index (χ2n) is 3.46. The van der Waals surface area contributed by atoms with Crippen LogP contribution in [0.3, 0.4) is 0 Å². The van der Waals surface area contributed by atoms with E-state index in [1.54, 1.807) is 19.0 Å². The summed E-state index contributed by atoms with van der Waals surface area (Å²) in [6, 6.07) is 0. The van der Waals surface area contributed by atoms with E-state index in [-0.39, 0.29) is 5.91 Å². The van der Waals surface area contributed by atoms with Crippen LogP contribution in [-0.2, 0) is 4.79 Å². The fourth-order valence-corrected chi connectivity index (χ4v) is 1.09. The largest absolute Gasteiger partial charge is 0.348 e. The highest BCUT2D eigenvalue weighted by Crippen LogP contribution is 1.94. The van der Waals surface area contributed by atoms with Crippen LogP contribution < -0.4 is 0 Å². The van der Waals surface area contributed by atoms with Crippen LogP contribution >= 0.6 is 0 Å². The lowest BCUT2D eigenvalue weighted by molar-refractivity contribution is -0.129. The first-order valence-corrected chi connectivity index (χ1v) is 5.05. The van der Waals surface area contributed by atoms with E-state index in [9.17, 15) is 4.79 Å². The Morgan fingerprint density at radius 3 is 2.60 bits per heavy atom. The molecule has 0 radical (unpaired) electrons. The molecule has 6 nitrogen and oxygen atoms in total. The van der Waals surface area contributed by atoms with Gasteiger partial charge in [0.1, 0.15) is 0 Å². The highest BCUT2D eigenvalue weighted by atomic mass is 16.2. The molecule has 0 saturated carbocycles. The van der Waals surface area contributed by atoms with Crippen LogP contribution in [-0.4, -0.2) is 56.0 Å². The van der Waals surface area contributed by atoms with E-state index >= 15 is 0 Å². The van der Waals surface area contributed by atoms with E-state index in [1.165, 1.54) is 0 Å². The normalized spacial score (nSPS) is 9.87. The van der Waals surface area contributed by atoms with Crippen LogP contribution in [0.4, 0.5) is 0 Å². The number of nitrogens with zero attached hydrogens (tertiary/aromatic N) is 5. The van der Waals surface area contributed by atoms with Crippen molar-refractivity contribution < 1.29 is 4.79 Å². The molecule has 6 heteroatoms. The van der Waals surface area contributed by atoms with Crippen molar-refractivity contribution >= 4 is 5.91 Å². The molecule has 0 saturated heterocycles. The number of carbonyl (C=O) groups is 1. The highest BCUT2D eigenvalue weighted by molar-refractivity contribution is 5.77. The van der Waals surface area contributed by atoms with Crippen molar-refractivity contribution in [3.8, 4) is 0 Å². The Balaban J connectivity index is 3.82. The summed E-state index contributed by atoms with van der Waals surface area (Å²) in [6.07, 6.45) is 0.790. The fourth-order valence-electron chi connectivity index (χ4n) is 1.09. The first-order chi connectivity index (χ1) is 7.11. The molecule has 0 aliphatic rings. The van der Waals surface area contributed by atoms with Gasteiger partial charge in [-0.3, -0.25) is 9.69 Å². The van der Waals surface area contributed by atoms with Crippen LogP contribution in [0.5, 0.6) is 0 Å². The van der Waals surface area contributed by atoms with Crippen molar-refractivity contribution in [1.29, 1.82) is 0 Å². The SMILES string of the molecule is CCN(CCCN=[N+]=[N-])CC(=O)N(C)C. The third kappa shape index (κ3) is 6.76. The lowest BCUT2D eigenvalue weighted by Crippen LogP contribution is -2.37. The Labute approximate surface area is 90.5 Å². The van der Waals surface area contributed by atoms with Crippen LogP contribution in [0, 0.1) is 0 Å². The lowest BCUT2D eigenvalue weighted by atomic mass is 10.3. The van der Waals surface area contributed by atoms with Gasteiger partial charge < -0.3 is 4.90 Å². The summed E-state index contributed by atoms with van der Waals surface area (Å²) in [4.78, 5) is 17.7. The number of likely N-dealkylation sites (N-methyl/N-ethyl adjacent to an activating group) is 2. The van der Waals surface area contributed by atoms with Crippen molar-refractivity contribution in [3.05, 3.63) is 10.4 Å². The predicted octanol–water partition coefficient (Wildman–Crippen LogP) is 1.10. The van der Waals surface area contributed by atoms with Gasteiger partial charge in [0.25, 0.3) is 0 Å². The van der Waals surface area contributed by atoms with E-state index in [1.807, 2.05) is 11.8 Å². The van der Waals surface area contributed by atoms with Gasteiger partial charge in [-0.2, -0.15) is 0 Å². The standard InChI is InChI=1S/C9H19N5O/c1-4-14(7-5-6-11-12-10)8-9(15)13(2)3/h4-8H2,1-3H3. The molecule has 0 aromatic rings. The van der Waals surface area contributed by atoms with Gasteiger partial charge in [-0.1, -0.05) is 12.0 Å². The summed E-state index contributed by atoms with van der Waals surface area (Å²) in [5.41, 5.74) is 8.09. The van der Waals surface area contributed by atoms with E-state index in [2.05, 4.69) is 10.0 Å². The first kappa shape index (κ1) is 13.7. The molecule has 0 rings (SSSR count). The Bertz CT molecular complexity index is 235. The van der Waals surface area contributed by atoms with Gasteiger partial charge in [0.05, 0.1) is 6.54 Å². The van der Waals surface area contributed by atoms with E-state index in [0.717, 1.165) is 19.5 Å². The maximum atomic E-state index is 11.4. The highest BCUT2D eigenvalue weighted by Gasteiger charge is 2.09. The number of amides is 1. The van der Waals surface area contributed by atoms with Gasteiger partial charge in [0.2, 0.25) is 5.91 Å². The summed E-state index contributed by atoms with van der Waals surface area (Å²) in [5.74, 6) is 0.0978. The number of carbonyl (C=O) groups excluding carboxylic acids is 1. The van der Waals surface area contributed by atoms with Crippen molar-refractivity contribution in [3.63, 3.8) is 0 Å². The minimum atomic E-state index is 0.0978. The molecule has 86 valence electrons.